The first-order valence-corrected chi connectivity index (χ1v) is 16.2. The standard InChI is InChI=1S/C30H36N10O4S/c1-16(19-7-5-11-39(19)3)43-28-33-18(13-21(34-28)40-12-6-10-30(15-40)25(41)36-27(42)37-30)24-35-26(44-38-24)29(2)9-4-8-20-22(29)17(14-31)23(32)45-20/h13,16,19H,4-12,15,32H2,1-3H3,(H2,36,37,41,42)/t16-,19-,29?,30?/m0/s1. The van der Waals surface area contributed by atoms with Gasteiger partial charge in [0.2, 0.25) is 11.7 Å². The molecular formula is C30H36N10O4S. The van der Waals surface area contributed by atoms with Crippen LogP contribution in [0.1, 0.15) is 74.3 Å². The van der Waals surface area contributed by atoms with Gasteiger partial charge in [-0.1, -0.05) is 5.16 Å². The Balaban J connectivity index is 1.26. The number of nitrogens with two attached hydrogens (primary N) is 1. The maximum absolute atomic E-state index is 12.8. The van der Waals surface area contributed by atoms with E-state index in [1.54, 1.807) is 6.07 Å². The van der Waals surface area contributed by atoms with Crippen molar-refractivity contribution in [1.29, 1.82) is 5.26 Å². The number of aryl methyl sites for hydroxylation is 1. The molecule has 45 heavy (non-hydrogen) atoms. The molecule has 15 heteroatoms. The Labute approximate surface area is 264 Å². The Kier molecular flexibility index (Phi) is 7.16. The van der Waals surface area contributed by atoms with Crippen molar-refractivity contribution < 1.29 is 18.8 Å². The number of amides is 3. The quantitative estimate of drug-likeness (QED) is 0.338. The van der Waals surface area contributed by atoms with Gasteiger partial charge < -0.3 is 25.2 Å². The number of urea groups is 1. The maximum atomic E-state index is 12.8. The number of hydrogen-bond acceptors (Lipinski definition) is 13. The molecule has 3 aliphatic heterocycles. The van der Waals surface area contributed by atoms with E-state index in [1.165, 1.54) is 11.3 Å². The Hall–Kier alpha value is -4.29. The van der Waals surface area contributed by atoms with Crippen LogP contribution in [0, 0.1) is 11.3 Å². The second-order valence-corrected chi connectivity index (χ2v) is 13.9. The average molecular weight is 633 g/mol. The summed E-state index contributed by atoms with van der Waals surface area (Å²) < 4.78 is 12.3. The number of hydrogen-bond donors (Lipinski definition) is 3. The van der Waals surface area contributed by atoms with Crippen LogP contribution < -0.4 is 26.0 Å². The van der Waals surface area contributed by atoms with Crippen LogP contribution in [0.2, 0.25) is 0 Å². The molecule has 0 bridgehead atoms. The lowest BCUT2D eigenvalue weighted by atomic mass is 9.72. The van der Waals surface area contributed by atoms with Crippen LogP contribution in [-0.4, -0.2) is 81.3 Å². The van der Waals surface area contributed by atoms with Gasteiger partial charge >= 0.3 is 12.0 Å². The number of imide groups is 1. The van der Waals surface area contributed by atoms with Crippen molar-refractivity contribution in [1.82, 2.24) is 35.6 Å². The van der Waals surface area contributed by atoms with Crippen LogP contribution >= 0.6 is 11.3 Å². The molecule has 3 aromatic rings. The predicted molar refractivity (Wildman–Crippen MR) is 165 cm³/mol. The van der Waals surface area contributed by atoms with Crippen LogP contribution in [0.5, 0.6) is 6.01 Å². The van der Waals surface area contributed by atoms with Gasteiger partial charge in [-0.2, -0.15) is 20.2 Å². The van der Waals surface area contributed by atoms with Gasteiger partial charge in [-0.05, 0) is 72.4 Å². The maximum Gasteiger partial charge on any atom is 0.322 e. The fraction of sp³-hybridized carbons (Fsp3) is 0.567. The SMILES string of the molecule is C[C@H](Oc1nc(-c2noc(C3(C)CCCc4sc(N)c(C#N)c43)n2)cc(N2CCCC3(C2)NC(=O)NC3=O)n1)[C@@H]1CCCN1C. The number of piperidine rings is 1. The topological polar surface area (TPSA) is 188 Å². The molecule has 2 unspecified atom stereocenters. The smallest absolute Gasteiger partial charge is 0.322 e. The summed E-state index contributed by atoms with van der Waals surface area (Å²) in [6, 6.07) is 3.95. The number of rotatable bonds is 6. The van der Waals surface area contributed by atoms with Crippen LogP contribution in [0.25, 0.3) is 11.5 Å². The van der Waals surface area contributed by atoms with Crippen LogP contribution in [0.3, 0.4) is 0 Å². The molecule has 7 rings (SSSR count). The Bertz CT molecular complexity index is 1720. The third-order valence-electron chi connectivity index (χ3n) is 9.81. The summed E-state index contributed by atoms with van der Waals surface area (Å²) in [6.45, 7) is 5.91. The summed E-state index contributed by atoms with van der Waals surface area (Å²) in [5.74, 6) is 0.843. The van der Waals surface area contributed by atoms with Gasteiger partial charge in [0.15, 0.2) is 0 Å². The number of anilines is 2. The lowest BCUT2D eigenvalue weighted by molar-refractivity contribution is -0.124. The van der Waals surface area contributed by atoms with Crippen molar-refractivity contribution >= 4 is 34.1 Å². The number of nitriles is 1. The summed E-state index contributed by atoms with van der Waals surface area (Å²) in [7, 11) is 2.09. The van der Waals surface area contributed by atoms with Crippen molar-refractivity contribution in [3.63, 3.8) is 0 Å². The highest BCUT2D eigenvalue weighted by atomic mass is 32.1. The molecule has 3 amide bonds. The molecule has 3 aromatic heterocycles. The van der Waals surface area contributed by atoms with Gasteiger partial charge in [0, 0.05) is 29.1 Å². The van der Waals surface area contributed by atoms with Gasteiger partial charge in [-0.15, -0.1) is 11.3 Å². The first-order valence-electron chi connectivity index (χ1n) is 15.4. The zero-order valence-corrected chi connectivity index (χ0v) is 26.4. The van der Waals surface area contributed by atoms with Gasteiger partial charge in [-0.25, -0.2) is 4.79 Å². The fourth-order valence-electron chi connectivity index (χ4n) is 7.44. The van der Waals surface area contributed by atoms with E-state index in [4.69, 9.17) is 29.9 Å². The number of carbonyl (C=O) groups excluding carboxylic acids is 2. The second-order valence-electron chi connectivity index (χ2n) is 12.8. The average Bonchev–Trinajstić information content (AvgIpc) is 3.79. The molecule has 0 radical (unpaired) electrons. The third-order valence-corrected chi connectivity index (χ3v) is 10.9. The normalized spacial score (nSPS) is 27.2. The second kappa shape index (κ2) is 11.0. The van der Waals surface area contributed by atoms with Crippen molar-refractivity contribution in [3.05, 3.63) is 28.0 Å². The van der Waals surface area contributed by atoms with E-state index in [0.717, 1.165) is 49.1 Å². The Morgan fingerprint density at radius 3 is 2.80 bits per heavy atom. The largest absolute Gasteiger partial charge is 0.459 e. The van der Waals surface area contributed by atoms with Gasteiger partial charge in [0.25, 0.3) is 5.91 Å². The molecule has 236 valence electrons. The molecule has 6 heterocycles. The molecule has 0 aromatic carbocycles. The lowest BCUT2D eigenvalue weighted by Crippen LogP contribution is -2.58. The van der Waals surface area contributed by atoms with E-state index in [-0.39, 0.29) is 36.4 Å². The zero-order valence-electron chi connectivity index (χ0n) is 25.6. The molecule has 3 fully saturated rings. The van der Waals surface area contributed by atoms with Crippen LogP contribution in [-0.2, 0) is 16.6 Å². The molecule has 1 aliphatic carbocycles. The number of fused-ring (bicyclic) bond motifs is 1. The number of nitrogens with one attached hydrogen (secondary N) is 2. The number of thiophene rings is 1. The van der Waals surface area contributed by atoms with Crippen molar-refractivity contribution in [2.75, 3.05) is 37.3 Å². The van der Waals surface area contributed by atoms with E-state index < -0.39 is 17.0 Å². The minimum atomic E-state index is -1.03. The fourth-order valence-corrected chi connectivity index (χ4v) is 8.63. The molecule has 4 atom stereocenters. The van der Waals surface area contributed by atoms with Gasteiger partial charge in [0.1, 0.15) is 34.2 Å². The summed E-state index contributed by atoms with van der Waals surface area (Å²) in [4.78, 5) is 44.5. The summed E-state index contributed by atoms with van der Waals surface area (Å²) in [5.41, 5.74) is 6.26. The first kappa shape index (κ1) is 29.4. The highest BCUT2D eigenvalue weighted by molar-refractivity contribution is 7.16. The molecule has 4 aliphatic rings. The van der Waals surface area contributed by atoms with Gasteiger partial charge in [0.05, 0.1) is 17.5 Å². The Morgan fingerprint density at radius 2 is 2.07 bits per heavy atom. The summed E-state index contributed by atoms with van der Waals surface area (Å²) >= 11 is 1.45. The van der Waals surface area contributed by atoms with E-state index in [0.29, 0.717) is 47.4 Å². The summed E-state index contributed by atoms with van der Waals surface area (Å²) in [5, 5.41) is 20.0. The summed E-state index contributed by atoms with van der Waals surface area (Å²) in [6.07, 6.45) is 5.61. The van der Waals surface area contributed by atoms with Crippen LogP contribution in [0.4, 0.5) is 15.6 Å². The van der Waals surface area contributed by atoms with Crippen molar-refractivity contribution in [2.45, 2.75) is 81.9 Å². The number of nitrogen functional groups attached to an aromatic ring is 1. The molecule has 4 N–H and O–H groups in total. The number of ether oxygens (including phenoxy) is 1. The van der Waals surface area contributed by atoms with E-state index in [1.807, 2.05) is 18.7 Å². The molecule has 3 saturated heterocycles. The predicted octanol–water partition coefficient (Wildman–Crippen LogP) is 2.72. The Morgan fingerprint density at radius 1 is 1.22 bits per heavy atom. The van der Waals surface area contributed by atoms with Crippen molar-refractivity contribution in [2.24, 2.45) is 0 Å². The highest BCUT2D eigenvalue weighted by Gasteiger charge is 2.49. The van der Waals surface area contributed by atoms with E-state index in [9.17, 15) is 14.9 Å². The van der Waals surface area contributed by atoms with Crippen LogP contribution in [0.15, 0.2) is 10.6 Å². The number of aromatic nitrogens is 4. The first-order chi connectivity index (χ1) is 21.6. The number of likely N-dealkylation sites (tertiary alicyclic amines) is 1. The van der Waals surface area contributed by atoms with E-state index in [2.05, 4.69) is 33.8 Å². The van der Waals surface area contributed by atoms with Gasteiger partial charge in [-0.3, -0.25) is 15.0 Å². The molecule has 14 nitrogen and oxygen atoms in total. The number of carbonyl (C=O) groups is 2. The minimum Gasteiger partial charge on any atom is -0.459 e. The number of likely N-dealkylation sites (N-methyl/N-ethyl adjacent to an activating group) is 1. The third kappa shape index (κ3) is 4.96. The lowest BCUT2D eigenvalue weighted by Gasteiger charge is -2.38. The van der Waals surface area contributed by atoms with E-state index >= 15 is 0 Å². The molecule has 0 saturated carbocycles. The van der Waals surface area contributed by atoms with Crippen molar-refractivity contribution in [3.8, 4) is 23.6 Å². The number of nitrogens with zero attached hydrogens (tertiary/aromatic N) is 7. The highest BCUT2D eigenvalue weighted by Crippen LogP contribution is 2.48. The molecule has 1 spiro atoms. The minimum absolute atomic E-state index is 0.171. The monoisotopic (exact) mass is 632 g/mol. The molecular weight excluding hydrogens is 596 g/mol. The zero-order chi connectivity index (χ0) is 31.5.